The molecule has 0 spiro atoms. The fourth-order valence-corrected chi connectivity index (χ4v) is 2.82. The highest BCUT2D eigenvalue weighted by Gasteiger charge is 2.19. The van der Waals surface area contributed by atoms with E-state index >= 15 is 0 Å². The fraction of sp³-hybridized carbons (Fsp3) is 0.667. The summed E-state index contributed by atoms with van der Waals surface area (Å²) in [6.45, 7) is 7.36. The highest BCUT2D eigenvalue weighted by atomic mass is 35.5. The normalized spacial score (nSPS) is 16.0. The number of rotatable bonds is 4. The van der Waals surface area contributed by atoms with Crippen LogP contribution < -0.4 is 10.1 Å². The number of piperidine rings is 1. The minimum Gasteiger partial charge on any atom is -0.496 e. The van der Waals surface area contributed by atoms with Gasteiger partial charge in [0.1, 0.15) is 5.75 Å². The second kappa shape index (κ2) is 9.46. The van der Waals surface area contributed by atoms with E-state index < -0.39 is 0 Å². The maximum Gasteiger partial charge on any atom is 0.128 e. The van der Waals surface area contributed by atoms with Crippen molar-refractivity contribution >= 4 is 24.8 Å². The third kappa shape index (κ3) is 4.99. The molecule has 0 atom stereocenters. The molecule has 1 N–H and O–H groups in total. The van der Waals surface area contributed by atoms with Crippen molar-refractivity contribution < 1.29 is 4.74 Å². The van der Waals surface area contributed by atoms with Crippen molar-refractivity contribution in [2.75, 3.05) is 27.2 Å². The van der Waals surface area contributed by atoms with Crippen LogP contribution in [0.4, 0.5) is 0 Å². The molecule has 1 aromatic heterocycles. The Morgan fingerprint density at radius 3 is 2.43 bits per heavy atom. The number of aromatic nitrogens is 1. The summed E-state index contributed by atoms with van der Waals surface area (Å²) in [5.41, 5.74) is 3.43. The van der Waals surface area contributed by atoms with Crippen LogP contribution >= 0.6 is 24.8 Å². The Balaban J connectivity index is 0.00000200. The molecule has 1 fully saturated rings. The summed E-state index contributed by atoms with van der Waals surface area (Å²) in [7, 11) is 3.79. The predicted octanol–water partition coefficient (Wildman–Crippen LogP) is 2.73. The van der Waals surface area contributed by atoms with Crippen LogP contribution in [0.15, 0.2) is 6.20 Å². The van der Waals surface area contributed by atoms with Crippen LogP contribution in [0.5, 0.6) is 5.75 Å². The van der Waals surface area contributed by atoms with Crippen LogP contribution in [0.2, 0.25) is 0 Å². The average Bonchev–Trinajstić information content (AvgIpc) is 2.43. The van der Waals surface area contributed by atoms with Crippen molar-refractivity contribution in [2.45, 2.75) is 39.3 Å². The van der Waals surface area contributed by atoms with Gasteiger partial charge in [0.2, 0.25) is 0 Å². The van der Waals surface area contributed by atoms with Gasteiger partial charge in [-0.05, 0) is 33.7 Å². The molecule has 1 saturated heterocycles. The summed E-state index contributed by atoms with van der Waals surface area (Å²) < 4.78 is 5.47. The number of nitrogens with one attached hydrogen (secondary N) is 1. The molecule has 21 heavy (non-hydrogen) atoms. The molecule has 1 aromatic rings. The Morgan fingerprint density at radius 1 is 1.29 bits per heavy atom. The molecule has 2 heterocycles. The van der Waals surface area contributed by atoms with Gasteiger partial charge in [-0.25, -0.2) is 0 Å². The maximum atomic E-state index is 5.47. The Kier molecular flexibility index (Phi) is 9.22. The van der Waals surface area contributed by atoms with Gasteiger partial charge < -0.3 is 10.1 Å². The minimum atomic E-state index is 0. The molecule has 0 aliphatic carbocycles. The van der Waals surface area contributed by atoms with Crippen molar-refractivity contribution in [3.8, 4) is 5.75 Å². The van der Waals surface area contributed by atoms with Gasteiger partial charge in [0.25, 0.3) is 0 Å². The number of likely N-dealkylation sites (tertiary alicyclic amines) is 1. The highest BCUT2D eigenvalue weighted by Crippen LogP contribution is 2.25. The number of pyridine rings is 1. The summed E-state index contributed by atoms with van der Waals surface area (Å²) in [4.78, 5) is 7.07. The molecule has 0 saturated carbocycles. The van der Waals surface area contributed by atoms with Crippen LogP contribution in [0.25, 0.3) is 0 Å². The van der Waals surface area contributed by atoms with Gasteiger partial charge in [0.15, 0.2) is 0 Å². The Bertz CT molecular complexity index is 435. The van der Waals surface area contributed by atoms with E-state index in [9.17, 15) is 0 Å². The van der Waals surface area contributed by atoms with Gasteiger partial charge >= 0.3 is 0 Å². The number of hydrogen-bond acceptors (Lipinski definition) is 4. The van der Waals surface area contributed by atoms with E-state index in [0.717, 1.165) is 36.6 Å². The summed E-state index contributed by atoms with van der Waals surface area (Å²) in [6, 6.07) is 0.679. The molecular formula is C15H27Cl2N3O. The fourth-order valence-electron chi connectivity index (χ4n) is 2.82. The van der Waals surface area contributed by atoms with E-state index in [2.05, 4.69) is 29.2 Å². The zero-order valence-electron chi connectivity index (χ0n) is 13.3. The quantitative estimate of drug-likeness (QED) is 0.917. The SMILES string of the molecule is CNC1CCN(Cc2ncc(C)c(OC)c2C)CC1.Cl.Cl. The van der Waals surface area contributed by atoms with Crippen molar-refractivity contribution in [3.05, 3.63) is 23.0 Å². The number of aryl methyl sites for hydroxylation is 1. The standard InChI is InChI=1S/C15H25N3O.2ClH/c1-11-9-17-14(12(2)15(11)19-4)10-18-7-5-13(16-3)6-8-18;;/h9,13,16H,5-8,10H2,1-4H3;2*1H. The van der Waals surface area contributed by atoms with Crippen LogP contribution in [0.1, 0.15) is 29.7 Å². The third-order valence-corrected chi connectivity index (χ3v) is 4.12. The van der Waals surface area contributed by atoms with Gasteiger partial charge in [-0.15, -0.1) is 24.8 Å². The van der Waals surface area contributed by atoms with Crippen LogP contribution in [-0.4, -0.2) is 43.2 Å². The minimum absolute atomic E-state index is 0. The largest absolute Gasteiger partial charge is 0.496 e. The summed E-state index contributed by atoms with van der Waals surface area (Å²) in [5.74, 6) is 0.982. The molecule has 1 aliphatic rings. The second-order valence-electron chi connectivity index (χ2n) is 5.39. The lowest BCUT2D eigenvalue weighted by Crippen LogP contribution is -2.40. The Labute approximate surface area is 140 Å². The first-order valence-corrected chi connectivity index (χ1v) is 7.04. The van der Waals surface area contributed by atoms with E-state index in [1.807, 2.05) is 13.1 Å². The lowest BCUT2D eigenvalue weighted by Gasteiger charge is -2.31. The van der Waals surface area contributed by atoms with E-state index in [4.69, 9.17) is 4.74 Å². The molecule has 0 radical (unpaired) electrons. The zero-order chi connectivity index (χ0) is 13.8. The van der Waals surface area contributed by atoms with E-state index in [1.54, 1.807) is 7.11 Å². The number of nitrogens with zero attached hydrogens (tertiary/aromatic N) is 2. The summed E-state index contributed by atoms with van der Waals surface area (Å²) in [5, 5.41) is 3.36. The zero-order valence-corrected chi connectivity index (χ0v) is 14.9. The van der Waals surface area contributed by atoms with Crippen molar-refractivity contribution in [2.24, 2.45) is 0 Å². The highest BCUT2D eigenvalue weighted by molar-refractivity contribution is 5.85. The van der Waals surface area contributed by atoms with E-state index in [-0.39, 0.29) is 24.8 Å². The van der Waals surface area contributed by atoms with Crippen molar-refractivity contribution in [1.82, 2.24) is 15.2 Å². The average molecular weight is 336 g/mol. The predicted molar refractivity (Wildman–Crippen MR) is 92.1 cm³/mol. The van der Waals surface area contributed by atoms with Crippen LogP contribution in [-0.2, 0) is 6.54 Å². The van der Waals surface area contributed by atoms with Gasteiger partial charge in [-0.1, -0.05) is 0 Å². The monoisotopic (exact) mass is 335 g/mol. The molecule has 6 heteroatoms. The van der Waals surface area contributed by atoms with Gasteiger partial charge in [0.05, 0.1) is 12.8 Å². The van der Waals surface area contributed by atoms with Gasteiger partial charge in [-0.2, -0.15) is 0 Å². The molecule has 0 aromatic carbocycles. The molecule has 0 unspecified atom stereocenters. The second-order valence-corrected chi connectivity index (χ2v) is 5.39. The van der Waals surface area contributed by atoms with Gasteiger partial charge in [-0.3, -0.25) is 9.88 Å². The van der Waals surface area contributed by atoms with Gasteiger partial charge in [0, 0.05) is 43.0 Å². The number of ether oxygens (including phenoxy) is 1. The topological polar surface area (TPSA) is 37.4 Å². The van der Waals surface area contributed by atoms with E-state index in [0.29, 0.717) is 6.04 Å². The molecule has 4 nitrogen and oxygen atoms in total. The number of hydrogen-bond donors (Lipinski definition) is 1. The first-order chi connectivity index (χ1) is 9.15. The molecule has 0 amide bonds. The van der Waals surface area contributed by atoms with Crippen LogP contribution in [0.3, 0.4) is 0 Å². The smallest absolute Gasteiger partial charge is 0.128 e. The summed E-state index contributed by atoms with van der Waals surface area (Å²) >= 11 is 0. The number of halogens is 2. The first kappa shape index (κ1) is 20.5. The first-order valence-electron chi connectivity index (χ1n) is 7.04. The van der Waals surface area contributed by atoms with Crippen molar-refractivity contribution in [1.29, 1.82) is 0 Å². The molecule has 122 valence electrons. The molecule has 2 rings (SSSR count). The third-order valence-electron chi connectivity index (χ3n) is 4.12. The molecule has 0 bridgehead atoms. The Morgan fingerprint density at radius 2 is 1.90 bits per heavy atom. The number of methoxy groups -OCH3 is 1. The lowest BCUT2D eigenvalue weighted by atomic mass is 10.0. The van der Waals surface area contributed by atoms with Crippen LogP contribution in [0, 0.1) is 13.8 Å². The Hall–Kier alpha value is -0.550. The molecule has 1 aliphatic heterocycles. The maximum absolute atomic E-state index is 5.47. The lowest BCUT2D eigenvalue weighted by molar-refractivity contribution is 0.192. The van der Waals surface area contributed by atoms with Crippen molar-refractivity contribution in [3.63, 3.8) is 0 Å². The molecular weight excluding hydrogens is 309 g/mol. The van der Waals surface area contributed by atoms with E-state index in [1.165, 1.54) is 18.4 Å². The summed E-state index contributed by atoms with van der Waals surface area (Å²) in [6.07, 6.45) is 4.36.